The first-order valence-corrected chi connectivity index (χ1v) is 6.83. The molecule has 112 valence electrons. The van der Waals surface area contributed by atoms with Crippen molar-refractivity contribution in [1.29, 1.82) is 0 Å². The molecule has 0 saturated carbocycles. The summed E-state index contributed by atoms with van der Waals surface area (Å²) < 4.78 is 5.61. The molecule has 1 aliphatic rings. The Labute approximate surface area is 124 Å². The quantitative estimate of drug-likeness (QED) is 0.922. The number of ether oxygens (including phenoxy) is 1. The van der Waals surface area contributed by atoms with E-state index in [0.29, 0.717) is 11.3 Å². The molecule has 1 aliphatic heterocycles. The summed E-state index contributed by atoms with van der Waals surface area (Å²) in [5.74, 6) is 0.153. The summed E-state index contributed by atoms with van der Waals surface area (Å²) in [5.41, 5.74) is 0.309. The van der Waals surface area contributed by atoms with Gasteiger partial charge in [-0.3, -0.25) is 14.5 Å². The molecule has 1 aromatic carbocycles. The van der Waals surface area contributed by atoms with Crippen LogP contribution in [0.1, 0.15) is 26.3 Å². The monoisotopic (exact) mass is 288 g/mol. The fraction of sp³-hybridized carbons (Fsp3) is 0.375. The third-order valence-corrected chi connectivity index (χ3v) is 3.74. The van der Waals surface area contributed by atoms with E-state index in [1.807, 2.05) is 30.3 Å². The van der Waals surface area contributed by atoms with Gasteiger partial charge in [-0.25, -0.2) is 0 Å². The second-order valence-corrected chi connectivity index (χ2v) is 5.44. The van der Waals surface area contributed by atoms with Crippen LogP contribution in [-0.2, 0) is 14.3 Å². The van der Waals surface area contributed by atoms with Crippen LogP contribution in [0.25, 0.3) is 5.57 Å². The molecule has 0 aliphatic carbocycles. The van der Waals surface area contributed by atoms with Crippen LogP contribution in [0.2, 0.25) is 0 Å². The van der Waals surface area contributed by atoms with Gasteiger partial charge in [-0.2, -0.15) is 0 Å². The molecule has 0 fully saturated rings. The van der Waals surface area contributed by atoms with Crippen molar-refractivity contribution >= 4 is 17.4 Å². The number of likely N-dealkylation sites (N-methyl/N-ethyl adjacent to an activating group) is 1. The van der Waals surface area contributed by atoms with Crippen LogP contribution in [-0.4, -0.2) is 36.0 Å². The lowest BCUT2D eigenvalue weighted by Crippen LogP contribution is -2.58. The number of carbonyl (C=O) groups excluding carboxylic acids is 2. The Balaban J connectivity index is 2.41. The lowest BCUT2D eigenvalue weighted by atomic mass is 9.96. The topological polar surface area (TPSA) is 58.6 Å². The number of nitrogens with zero attached hydrogens (tertiary/aromatic N) is 1. The molecule has 1 heterocycles. The van der Waals surface area contributed by atoms with E-state index in [1.165, 1.54) is 4.90 Å². The summed E-state index contributed by atoms with van der Waals surface area (Å²) in [7, 11) is 1.55. The Morgan fingerprint density at radius 2 is 1.90 bits per heavy atom. The number of carbonyl (C=O) groups is 2. The molecule has 5 heteroatoms. The van der Waals surface area contributed by atoms with Gasteiger partial charge in [0.1, 0.15) is 11.3 Å². The second-order valence-electron chi connectivity index (χ2n) is 5.44. The van der Waals surface area contributed by atoms with E-state index in [9.17, 15) is 9.59 Å². The zero-order valence-electron chi connectivity index (χ0n) is 12.8. The Kier molecular flexibility index (Phi) is 4.02. The summed E-state index contributed by atoms with van der Waals surface area (Å²) in [6.07, 6.45) is 0. The van der Waals surface area contributed by atoms with E-state index in [2.05, 4.69) is 5.32 Å². The van der Waals surface area contributed by atoms with E-state index < -0.39 is 5.54 Å². The van der Waals surface area contributed by atoms with E-state index in [-0.39, 0.29) is 18.5 Å². The van der Waals surface area contributed by atoms with Gasteiger partial charge in [0.05, 0.1) is 5.57 Å². The van der Waals surface area contributed by atoms with Crippen molar-refractivity contribution in [2.75, 3.05) is 13.8 Å². The van der Waals surface area contributed by atoms with Crippen LogP contribution >= 0.6 is 0 Å². The normalized spacial score (nSPS) is 15.8. The predicted octanol–water partition coefficient (Wildman–Crippen LogP) is 1.76. The van der Waals surface area contributed by atoms with Crippen molar-refractivity contribution in [3.05, 3.63) is 41.7 Å². The van der Waals surface area contributed by atoms with Crippen molar-refractivity contribution in [1.82, 2.24) is 10.2 Å². The minimum Gasteiger partial charge on any atom is -0.477 e. The number of allylic oxidation sites excluding steroid dienone is 1. The molecule has 0 unspecified atom stereocenters. The molecule has 2 rings (SSSR count). The zero-order chi connectivity index (χ0) is 15.6. The Morgan fingerprint density at radius 3 is 2.48 bits per heavy atom. The van der Waals surface area contributed by atoms with Crippen molar-refractivity contribution in [3.63, 3.8) is 0 Å². The molecule has 2 amide bonds. The van der Waals surface area contributed by atoms with E-state index in [4.69, 9.17) is 4.74 Å². The van der Waals surface area contributed by atoms with Crippen LogP contribution < -0.4 is 5.32 Å². The maximum atomic E-state index is 12.8. The molecule has 5 nitrogen and oxygen atoms in total. The van der Waals surface area contributed by atoms with Gasteiger partial charge < -0.3 is 10.1 Å². The molecule has 0 atom stereocenters. The molecule has 21 heavy (non-hydrogen) atoms. The van der Waals surface area contributed by atoms with Crippen LogP contribution in [0.3, 0.4) is 0 Å². The predicted molar refractivity (Wildman–Crippen MR) is 80.0 cm³/mol. The first-order valence-electron chi connectivity index (χ1n) is 6.83. The Hall–Kier alpha value is -2.30. The van der Waals surface area contributed by atoms with Gasteiger partial charge in [-0.15, -0.1) is 0 Å². The van der Waals surface area contributed by atoms with E-state index >= 15 is 0 Å². The average Bonchev–Trinajstić information content (AvgIpc) is 2.47. The fourth-order valence-electron chi connectivity index (χ4n) is 2.35. The van der Waals surface area contributed by atoms with Crippen LogP contribution in [0.4, 0.5) is 0 Å². The van der Waals surface area contributed by atoms with Crippen molar-refractivity contribution in [2.24, 2.45) is 0 Å². The zero-order valence-corrected chi connectivity index (χ0v) is 12.8. The molecule has 0 aromatic heterocycles. The minimum absolute atomic E-state index is 0.0709. The highest BCUT2D eigenvalue weighted by atomic mass is 16.5. The highest BCUT2D eigenvalue weighted by Crippen LogP contribution is 2.30. The fourth-order valence-corrected chi connectivity index (χ4v) is 2.35. The number of amides is 2. The van der Waals surface area contributed by atoms with Crippen LogP contribution in [0.15, 0.2) is 36.1 Å². The van der Waals surface area contributed by atoms with Gasteiger partial charge in [-0.1, -0.05) is 30.3 Å². The van der Waals surface area contributed by atoms with Crippen LogP contribution in [0.5, 0.6) is 0 Å². The minimum atomic E-state index is -0.980. The van der Waals surface area contributed by atoms with Gasteiger partial charge in [-0.05, 0) is 26.3 Å². The molecular formula is C16H20N2O3. The lowest BCUT2D eigenvalue weighted by molar-refractivity contribution is -0.149. The highest BCUT2D eigenvalue weighted by molar-refractivity contribution is 6.21. The smallest absolute Gasteiger partial charge is 0.261 e. The molecular weight excluding hydrogens is 268 g/mol. The largest absolute Gasteiger partial charge is 0.477 e. The number of hydrogen-bond acceptors (Lipinski definition) is 3. The maximum absolute atomic E-state index is 12.8. The highest BCUT2D eigenvalue weighted by Gasteiger charge is 2.41. The third-order valence-electron chi connectivity index (χ3n) is 3.74. The average molecular weight is 288 g/mol. The second kappa shape index (κ2) is 5.60. The Morgan fingerprint density at radius 1 is 1.29 bits per heavy atom. The summed E-state index contributed by atoms with van der Waals surface area (Å²) in [6, 6.07) is 9.34. The summed E-state index contributed by atoms with van der Waals surface area (Å²) >= 11 is 0. The molecule has 0 radical (unpaired) electrons. The standard InChI is InChI=1S/C16H20N2O3/c1-11-13(12-8-6-5-7-9-12)14(19)18(10-21-11)16(2,3)15(20)17-4/h5-9H,10H2,1-4H3,(H,17,20). The summed E-state index contributed by atoms with van der Waals surface area (Å²) in [4.78, 5) is 26.3. The van der Waals surface area contributed by atoms with Crippen molar-refractivity contribution in [3.8, 4) is 0 Å². The van der Waals surface area contributed by atoms with Gasteiger partial charge in [0.25, 0.3) is 5.91 Å². The summed E-state index contributed by atoms with van der Waals surface area (Å²) in [6.45, 7) is 5.25. The Bertz CT molecular complexity index is 591. The molecule has 1 aromatic rings. The van der Waals surface area contributed by atoms with Crippen molar-refractivity contribution < 1.29 is 14.3 Å². The van der Waals surface area contributed by atoms with Crippen LogP contribution in [0, 0.1) is 0 Å². The summed E-state index contributed by atoms with van der Waals surface area (Å²) in [5, 5.41) is 2.58. The first kappa shape index (κ1) is 15.1. The third kappa shape index (κ3) is 2.63. The number of rotatable bonds is 3. The van der Waals surface area contributed by atoms with Gasteiger partial charge in [0, 0.05) is 7.05 Å². The maximum Gasteiger partial charge on any atom is 0.261 e. The van der Waals surface area contributed by atoms with E-state index in [1.54, 1.807) is 27.8 Å². The number of hydrogen-bond donors (Lipinski definition) is 1. The molecule has 0 saturated heterocycles. The first-order chi connectivity index (χ1) is 9.89. The van der Waals surface area contributed by atoms with Gasteiger partial charge in [0.2, 0.25) is 5.91 Å². The lowest BCUT2D eigenvalue weighted by Gasteiger charge is -2.39. The SMILES string of the molecule is CNC(=O)C(C)(C)N1COC(C)=C(c2ccccc2)C1=O. The molecule has 1 N–H and O–H groups in total. The van der Waals surface area contributed by atoms with Gasteiger partial charge in [0.15, 0.2) is 6.73 Å². The molecule has 0 spiro atoms. The molecule has 0 bridgehead atoms. The van der Waals surface area contributed by atoms with Crippen molar-refractivity contribution in [2.45, 2.75) is 26.3 Å². The van der Waals surface area contributed by atoms with E-state index in [0.717, 1.165) is 5.56 Å². The number of benzene rings is 1. The number of nitrogens with one attached hydrogen (secondary N) is 1. The van der Waals surface area contributed by atoms with Gasteiger partial charge >= 0.3 is 0 Å².